The molecule has 0 aliphatic heterocycles. The van der Waals surface area contributed by atoms with Crippen molar-refractivity contribution in [3.05, 3.63) is 53.6 Å². The smallest absolute Gasteiger partial charge is 0.262 e. The standard InChI is InChI=1S/C21H19N3O4/c1-3-27-20-11-15(10-16(12-22)13-23)4-9-19(20)28-14-21(25)24-17-5-7-18(26-2)8-6-17/h4-11H,3,14H2,1-2H3,(H,24,25). The molecule has 7 heteroatoms. The third-order valence-corrected chi connectivity index (χ3v) is 3.55. The van der Waals surface area contributed by atoms with E-state index in [1.807, 2.05) is 6.92 Å². The van der Waals surface area contributed by atoms with Crippen LogP contribution in [0.3, 0.4) is 0 Å². The number of rotatable bonds is 8. The first-order valence-electron chi connectivity index (χ1n) is 8.45. The quantitative estimate of drug-likeness (QED) is 0.706. The molecule has 1 amide bonds. The van der Waals surface area contributed by atoms with Crippen molar-refractivity contribution in [2.75, 3.05) is 25.6 Å². The van der Waals surface area contributed by atoms with Crippen LogP contribution in [0.4, 0.5) is 5.69 Å². The average molecular weight is 377 g/mol. The van der Waals surface area contributed by atoms with E-state index in [0.29, 0.717) is 35.1 Å². The highest BCUT2D eigenvalue weighted by molar-refractivity contribution is 5.92. The van der Waals surface area contributed by atoms with Gasteiger partial charge < -0.3 is 19.5 Å². The summed E-state index contributed by atoms with van der Waals surface area (Å²) in [6.07, 6.45) is 1.45. The zero-order valence-corrected chi connectivity index (χ0v) is 15.6. The van der Waals surface area contributed by atoms with Crippen LogP contribution >= 0.6 is 0 Å². The highest BCUT2D eigenvalue weighted by Crippen LogP contribution is 2.29. The molecule has 142 valence electrons. The second-order valence-corrected chi connectivity index (χ2v) is 5.49. The molecule has 0 aliphatic carbocycles. The molecule has 0 radical (unpaired) electrons. The normalized spacial score (nSPS) is 9.43. The summed E-state index contributed by atoms with van der Waals surface area (Å²) in [7, 11) is 1.57. The lowest BCUT2D eigenvalue weighted by Gasteiger charge is -2.13. The summed E-state index contributed by atoms with van der Waals surface area (Å²) in [5, 5.41) is 20.5. The van der Waals surface area contributed by atoms with Crippen LogP contribution in [0.15, 0.2) is 48.0 Å². The molecule has 0 aromatic heterocycles. The van der Waals surface area contributed by atoms with Crippen molar-refractivity contribution in [2.24, 2.45) is 0 Å². The Morgan fingerprint density at radius 3 is 2.39 bits per heavy atom. The molecule has 0 fully saturated rings. The number of allylic oxidation sites excluding steroid dienone is 1. The number of amides is 1. The van der Waals surface area contributed by atoms with E-state index in [1.54, 1.807) is 61.7 Å². The van der Waals surface area contributed by atoms with E-state index < -0.39 is 0 Å². The summed E-state index contributed by atoms with van der Waals surface area (Å²) < 4.78 is 16.2. The molecule has 7 nitrogen and oxygen atoms in total. The van der Waals surface area contributed by atoms with Crippen molar-refractivity contribution in [3.8, 4) is 29.4 Å². The predicted octanol–water partition coefficient (Wildman–Crippen LogP) is 3.54. The van der Waals surface area contributed by atoms with Crippen LogP contribution < -0.4 is 19.5 Å². The fourth-order valence-electron chi connectivity index (χ4n) is 2.27. The van der Waals surface area contributed by atoms with Gasteiger partial charge in [0, 0.05) is 5.69 Å². The number of anilines is 1. The molecule has 0 bridgehead atoms. The van der Waals surface area contributed by atoms with Crippen molar-refractivity contribution >= 4 is 17.7 Å². The summed E-state index contributed by atoms with van der Waals surface area (Å²) in [6, 6.07) is 15.5. The fraction of sp³-hybridized carbons (Fsp3) is 0.190. The van der Waals surface area contributed by atoms with Crippen molar-refractivity contribution in [1.82, 2.24) is 0 Å². The topological polar surface area (TPSA) is 104 Å². The number of methoxy groups -OCH3 is 1. The van der Waals surface area contributed by atoms with Crippen molar-refractivity contribution < 1.29 is 19.0 Å². The fourth-order valence-corrected chi connectivity index (χ4v) is 2.27. The van der Waals surface area contributed by atoms with Gasteiger partial charge in [-0.05, 0) is 55.0 Å². The maximum atomic E-state index is 12.1. The first-order valence-corrected chi connectivity index (χ1v) is 8.45. The predicted molar refractivity (Wildman–Crippen MR) is 104 cm³/mol. The summed E-state index contributed by atoms with van der Waals surface area (Å²) in [6.45, 7) is 2.01. The summed E-state index contributed by atoms with van der Waals surface area (Å²) in [5.74, 6) is 1.18. The van der Waals surface area contributed by atoms with Gasteiger partial charge in [0.25, 0.3) is 5.91 Å². The third-order valence-electron chi connectivity index (χ3n) is 3.55. The van der Waals surface area contributed by atoms with Gasteiger partial charge >= 0.3 is 0 Å². The van der Waals surface area contributed by atoms with E-state index in [4.69, 9.17) is 24.7 Å². The highest BCUT2D eigenvalue weighted by atomic mass is 16.5. The molecule has 2 rings (SSSR count). The van der Waals surface area contributed by atoms with Crippen molar-refractivity contribution in [1.29, 1.82) is 10.5 Å². The minimum absolute atomic E-state index is 0.0185. The van der Waals surface area contributed by atoms with Crippen LogP contribution in [-0.2, 0) is 4.79 Å². The lowest BCUT2D eigenvalue weighted by Crippen LogP contribution is -2.20. The van der Waals surface area contributed by atoms with Gasteiger partial charge in [-0.25, -0.2) is 0 Å². The molecule has 0 aliphatic rings. The van der Waals surface area contributed by atoms with Crippen LogP contribution in [0.1, 0.15) is 12.5 Å². The number of carbonyl (C=O) groups is 1. The third kappa shape index (κ3) is 5.79. The van der Waals surface area contributed by atoms with Gasteiger partial charge in [0.05, 0.1) is 13.7 Å². The van der Waals surface area contributed by atoms with Crippen LogP contribution in [0.2, 0.25) is 0 Å². The minimum Gasteiger partial charge on any atom is -0.497 e. The molecule has 1 N–H and O–H groups in total. The Bertz CT molecular complexity index is 922. The molecule has 0 spiro atoms. The lowest BCUT2D eigenvalue weighted by molar-refractivity contribution is -0.118. The number of carbonyl (C=O) groups excluding carboxylic acids is 1. The SMILES string of the molecule is CCOc1cc(C=C(C#N)C#N)ccc1OCC(=O)Nc1ccc(OC)cc1. The van der Waals surface area contributed by atoms with Crippen molar-refractivity contribution in [2.45, 2.75) is 6.92 Å². The van der Waals surface area contributed by atoms with Gasteiger partial charge in [-0.1, -0.05) is 6.07 Å². The van der Waals surface area contributed by atoms with E-state index in [1.165, 1.54) is 6.08 Å². The Morgan fingerprint density at radius 1 is 1.07 bits per heavy atom. The van der Waals surface area contributed by atoms with E-state index in [-0.39, 0.29) is 18.1 Å². The van der Waals surface area contributed by atoms with E-state index in [9.17, 15) is 4.79 Å². The van der Waals surface area contributed by atoms with Gasteiger partial charge in [0.2, 0.25) is 0 Å². The summed E-state index contributed by atoms with van der Waals surface area (Å²) >= 11 is 0. The molecular formula is C21H19N3O4. The Kier molecular flexibility index (Phi) is 7.44. The molecule has 0 heterocycles. The van der Waals surface area contributed by atoms with Crippen molar-refractivity contribution in [3.63, 3.8) is 0 Å². The number of hydrogen-bond acceptors (Lipinski definition) is 6. The van der Waals surface area contributed by atoms with Gasteiger partial charge in [0.1, 0.15) is 23.5 Å². The van der Waals surface area contributed by atoms with Crippen LogP contribution in [0.5, 0.6) is 17.2 Å². The summed E-state index contributed by atoms with van der Waals surface area (Å²) in [5.41, 5.74) is 1.23. The second kappa shape index (κ2) is 10.2. The molecule has 0 saturated carbocycles. The number of benzene rings is 2. The van der Waals surface area contributed by atoms with Crippen LogP contribution in [0.25, 0.3) is 6.08 Å². The molecule has 2 aromatic rings. The number of nitriles is 2. The number of nitrogens with one attached hydrogen (secondary N) is 1. The Morgan fingerprint density at radius 2 is 1.79 bits per heavy atom. The van der Waals surface area contributed by atoms with Crippen LogP contribution in [0, 0.1) is 22.7 Å². The van der Waals surface area contributed by atoms with Gasteiger partial charge in [-0.15, -0.1) is 0 Å². The molecular weight excluding hydrogens is 358 g/mol. The first-order chi connectivity index (χ1) is 13.6. The first kappa shape index (κ1) is 20.3. The van der Waals surface area contributed by atoms with Gasteiger partial charge in [-0.3, -0.25) is 4.79 Å². The largest absolute Gasteiger partial charge is 0.497 e. The summed E-state index contributed by atoms with van der Waals surface area (Å²) in [4.78, 5) is 12.1. The zero-order chi connectivity index (χ0) is 20.4. The van der Waals surface area contributed by atoms with E-state index in [0.717, 1.165) is 0 Å². The number of hydrogen-bond donors (Lipinski definition) is 1. The van der Waals surface area contributed by atoms with Gasteiger partial charge in [-0.2, -0.15) is 10.5 Å². The maximum absolute atomic E-state index is 12.1. The molecule has 28 heavy (non-hydrogen) atoms. The van der Waals surface area contributed by atoms with E-state index in [2.05, 4.69) is 5.32 Å². The molecule has 0 saturated heterocycles. The minimum atomic E-state index is -0.326. The van der Waals surface area contributed by atoms with Gasteiger partial charge in [0.15, 0.2) is 18.1 Å². The Balaban J connectivity index is 2.05. The average Bonchev–Trinajstić information content (AvgIpc) is 2.72. The molecule has 0 atom stereocenters. The van der Waals surface area contributed by atoms with E-state index >= 15 is 0 Å². The molecule has 2 aromatic carbocycles. The molecule has 0 unspecified atom stereocenters. The lowest BCUT2D eigenvalue weighted by atomic mass is 10.1. The number of nitrogens with zero attached hydrogens (tertiary/aromatic N) is 2. The number of ether oxygens (including phenoxy) is 3. The maximum Gasteiger partial charge on any atom is 0.262 e. The monoisotopic (exact) mass is 377 g/mol. The highest BCUT2D eigenvalue weighted by Gasteiger charge is 2.10. The zero-order valence-electron chi connectivity index (χ0n) is 15.6. The Hall–Kier alpha value is -3.97. The Labute approximate surface area is 163 Å². The second-order valence-electron chi connectivity index (χ2n) is 5.49. The van der Waals surface area contributed by atoms with Crippen LogP contribution in [-0.4, -0.2) is 26.2 Å².